The number of fused-ring (bicyclic) bond motifs is 1. The van der Waals surface area contributed by atoms with Crippen molar-refractivity contribution in [2.45, 2.75) is 29.7 Å². The molecule has 2 fully saturated rings. The number of piperazine rings is 1. The highest BCUT2D eigenvalue weighted by Gasteiger charge is 2.47. The van der Waals surface area contributed by atoms with E-state index in [0.717, 1.165) is 0 Å². The molecule has 1 saturated carbocycles. The maximum absolute atomic E-state index is 13.2. The van der Waals surface area contributed by atoms with Crippen molar-refractivity contribution in [3.05, 3.63) is 17.1 Å². The van der Waals surface area contributed by atoms with Crippen molar-refractivity contribution in [1.82, 2.24) is 25.1 Å². The van der Waals surface area contributed by atoms with Crippen molar-refractivity contribution in [3.8, 4) is 16.8 Å². The molecular formula is C19H19F2N7O4S2. The Balaban J connectivity index is 1.62. The largest absolute Gasteiger partial charge is 0.366 e. The van der Waals surface area contributed by atoms with Gasteiger partial charge < -0.3 is 14.3 Å². The number of alkyl halides is 2. The van der Waals surface area contributed by atoms with Crippen LogP contribution in [0.15, 0.2) is 21.6 Å². The molecule has 1 aromatic carbocycles. The monoisotopic (exact) mass is 511 g/mol. The SMILES string of the molecule is CON1CCN(c2cc(S(=O)(=O)NC3(C#N)CC3)cc3c(-c4nnc(C(F)F)s4)noc23)CC1. The molecule has 0 unspecified atom stereocenters. The number of nitrogens with zero attached hydrogens (tertiary/aromatic N) is 6. The topological polar surface area (TPSA) is 137 Å². The summed E-state index contributed by atoms with van der Waals surface area (Å²) < 4.78 is 60.5. The minimum Gasteiger partial charge on any atom is -0.366 e. The number of nitriles is 1. The van der Waals surface area contributed by atoms with Gasteiger partial charge in [0.1, 0.15) is 5.54 Å². The minimum atomic E-state index is -4.08. The third-order valence-electron chi connectivity index (χ3n) is 5.80. The first-order valence-electron chi connectivity index (χ1n) is 10.3. The summed E-state index contributed by atoms with van der Waals surface area (Å²) in [5, 5.41) is 22.3. The molecule has 1 N–H and O–H groups in total. The van der Waals surface area contributed by atoms with Crippen molar-refractivity contribution >= 4 is 38.0 Å². The highest BCUT2D eigenvalue weighted by molar-refractivity contribution is 7.89. The molecule has 0 atom stereocenters. The van der Waals surface area contributed by atoms with Crippen LogP contribution in [0.5, 0.6) is 0 Å². The van der Waals surface area contributed by atoms with Gasteiger partial charge in [0, 0.05) is 26.2 Å². The summed E-state index contributed by atoms with van der Waals surface area (Å²) in [5.41, 5.74) is -0.210. The van der Waals surface area contributed by atoms with E-state index in [4.69, 9.17) is 9.36 Å². The van der Waals surface area contributed by atoms with Gasteiger partial charge in [-0.2, -0.15) is 15.0 Å². The van der Waals surface area contributed by atoms with E-state index in [0.29, 0.717) is 67.0 Å². The molecule has 15 heteroatoms. The van der Waals surface area contributed by atoms with Gasteiger partial charge in [0.15, 0.2) is 21.3 Å². The molecule has 3 heterocycles. The minimum absolute atomic E-state index is 0.0856. The van der Waals surface area contributed by atoms with Gasteiger partial charge in [-0.1, -0.05) is 16.5 Å². The van der Waals surface area contributed by atoms with E-state index in [1.807, 2.05) is 11.0 Å². The summed E-state index contributed by atoms with van der Waals surface area (Å²) in [6.07, 6.45) is -1.94. The smallest absolute Gasteiger partial charge is 0.291 e. The highest BCUT2D eigenvalue weighted by atomic mass is 32.2. The predicted molar refractivity (Wildman–Crippen MR) is 117 cm³/mol. The summed E-state index contributed by atoms with van der Waals surface area (Å²) >= 11 is 0.656. The number of hydroxylamine groups is 2. The lowest BCUT2D eigenvalue weighted by Crippen LogP contribution is -2.46. The summed E-state index contributed by atoms with van der Waals surface area (Å²) in [6, 6.07) is 4.84. The summed E-state index contributed by atoms with van der Waals surface area (Å²) in [6.45, 7) is 2.18. The van der Waals surface area contributed by atoms with Crippen LogP contribution in [0.2, 0.25) is 0 Å². The van der Waals surface area contributed by atoms with Crippen LogP contribution in [0.4, 0.5) is 14.5 Å². The van der Waals surface area contributed by atoms with Crippen LogP contribution >= 0.6 is 11.3 Å². The zero-order chi connectivity index (χ0) is 24.1. The first kappa shape index (κ1) is 23.0. The summed E-state index contributed by atoms with van der Waals surface area (Å²) in [5.74, 6) is 0. The number of rotatable bonds is 7. The van der Waals surface area contributed by atoms with Gasteiger partial charge in [-0.15, -0.1) is 10.2 Å². The van der Waals surface area contributed by atoms with E-state index in [2.05, 4.69) is 20.1 Å². The van der Waals surface area contributed by atoms with E-state index in [1.165, 1.54) is 12.1 Å². The van der Waals surface area contributed by atoms with Gasteiger partial charge in [0.2, 0.25) is 10.0 Å². The van der Waals surface area contributed by atoms with Crippen LogP contribution in [-0.4, -0.2) is 67.7 Å². The Kier molecular flexibility index (Phi) is 5.73. The van der Waals surface area contributed by atoms with Gasteiger partial charge in [-0.25, -0.2) is 17.2 Å². The number of hydrogen-bond acceptors (Lipinski definition) is 11. The van der Waals surface area contributed by atoms with Crippen LogP contribution in [0.1, 0.15) is 24.3 Å². The van der Waals surface area contributed by atoms with Crippen molar-refractivity contribution in [2.24, 2.45) is 0 Å². The van der Waals surface area contributed by atoms with Gasteiger partial charge in [0.05, 0.1) is 29.1 Å². The lowest BCUT2D eigenvalue weighted by molar-refractivity contribution is -0.133. The average Bonchev–Trinajstić information content (AvgIpc) is 3.22. The molecule has 1 aliphatic heterocycles. The number of benzene rings is 1. The molecule has 1 saturated heterocycles. The molecular weight excluding hydrogens is 492 g/mol. The number of aromatic nitrogens is 3. The Hall–Kier alpha value is -2.77. The van der Waals surface area contributed by atoms with Crippen molar-refractivity contribution in [3.63, 3.8) is 0 Å². The van der Waals surface area contributed by atoms with Crippen molar-refractivity contribution in [1.29, 1.82) is 5.26 Å². The third kappa shape index (κ3) is 4.12. The van der Waals surface area contributed by atoms with Crippen LogP contribution in [-0.2, 0) is 14.9 Å². The molecule has 2 aromatic heterocycles. The molecule has 0 bridgehead atoms. The molecule has 0 amide bonds. The van der Waals surface area contributed by atoms with E-state index >= 15 is 0 Å². The van der Waals surface area contributed by atoms with Crippen LogP contribution in [0.3, 0.4) is 0 Å². The Morgan fingerprint density at radius 2 is 2.00 bits per heavy atom. The van der Waals surface area contributed by atoms with Crippen LogP contribution < -0.4 is 9.62 Å². The second kappa shape index (κ2) is 8.47. The maximum Gasteiger partial charge on any atom is 0.291 e. The predicted octanol–water partition coefficient (Wildman–Crippen LogP) is 2.30. The van der Waals surface area contributed by atoms with E-state index < -0.39 is 27.0 Å². The molecule has 2 aliphatic rings. The second-order valence-corrected chi connectivity index (χ2v) is 10.7. The van der Waals surface area contributed by atoms with Gasteiger partial charge in [-0.05, 0) is 25.0 Å². The van der Waals surface area contributed by atoms with E-state index in [1.54, 1.807) is 12.2 Å². The Morgan fingerprint density at radius 1 is 1.26 bits per heavy atom. The normalized spacial score (nSPS) is 18.5. The number of anilines is 1. The number of halogens is 2. The molecule has 3 aromatic rings. The number of nitrogens with one attached hydrogen (secondary N) is 1. The van der Waals surface area contributed by atoms with Gasteiger partial charge >= 0.3 is 0 Å². The van der Waals surface area contributed by atoms with E-state index in [-0.39, 0.29) is 15.6 Å². The Labute approximate surface area is 196 Å². The molecule has 11 nitrogen and oxygen atoms in total. The first-order chi connectivity index (χ1) is 16.2. The average molecular weight is 512 g/mol. The molecule has 1 aliphatic carbocycles. The zero-order valence-corrected chi connectivity index (χ0v) is 19.5. The first-order valence-corrected chi connectivity index (χ1v) is 12.6. The lowest BCUT2D eigenvalue weighted by atomic mass is 10.1. The van der Waals surface area contributed by atoms with Crippen LogP contribution in [0, 0.1) is 11.3 Å². The van der Waals surface area contributed by atoms with Crippen LogP contribution in [0.25, 0.3) is 21.7 Å². The molecule has 0 radical (unpaired) electrons. The van der Waals surface area contributed by atoms with Crippen molar-refractivity contribution < 1.29 is 26.6 Å². The fourth-order valence-corrected chi connectivity index (χ4v) is 5.87. The standard InChI is InChI=1S/C19H19F2N7O4S2/c1-31-28-6-4-27(5-7-28)13-9-11(34(29,30)26-19(10-22)2-3-19)8-12-14(25-32-15(12)13)17-23-24-18(33-17)16(20)21/h8-9,16,26H,2-7H2,1H3. The third-order valence-corrected chi connectivity index (χ3v) is 8.25. The second-order valence-electron chi connectivity index (χ2n) is 7.99. The fourth-order valence-electron chi connectivity index (χ4n) is 3.75. The molecule has 34 heavy (non-hydrogen) atoms. The highest BCUT2D eigenvalue weighted by Crippen LogP contribution is 2.40. The van der Waals surface area contributed by atoms with E-state index in [9.17, 15) is 22.5 Å². The molecule has 5 rings (SSSR count). The Bertz CT molecular complexity index is 1370. The van der Waals surface area contributed by atoms with Gasteiger partial charge in [0.25, 0.3) is 6.43 Å². The Morgan fingerprint density at radius 3 is 2.59 bits per heavy atom. The fraction of sp³-hybridized carbons (Fsp3) is 0.474. The van der Waals surface area contributed by atoms with Crippen molar-refractivity contribution in [2.75, 3.05) is 38.2 Å². The lowest BCUT2D eigenvalue weighted by Gasteiger charge is -2.34. The number of hydrogen-bond donors (Lipinski definition) is 1. The van der Waals surface area contributed by atoms with Gasteiger partial charge in [-0.3, -0.25) is 0 Å². The quantitative estimate of drug-likeness (QED) is 0.503. The molecule has 180 valence electrons. The summed E-state index contributed by atoms with van der Waals surface area (Å²) in [7, 11) is -2.50. The number of sulfonamides is 1. The molecule has 0 spiro atoms. The maximum atomic E-state index is 13.2. The zero-order valence-electron chi connectivity index (χ0n) is 17.9. The summed E-state index contributed by atoms with van der Waals surface area (Å²) in [4.78, 5) is 7.11.